The number of carboxylic acid groups (broad SMARTS) is 1. The van der Waals surface area contributed by atoms with Gasteiger partial charge in [-0.05, 0) is 55.2 Å². The molecule has 0 fully saturated rings. The molecule has 1 aliphatic rings. The topological polar surface area (TPSA) is 71.2 Å². The van der Waals surface area contributed by atoms with E-state index < -0.39 is 23.8 Å². The summed E-state index contributed by atoms with van der Waals surface area (Å²) in [6, 6.07) is 10.6. The van der Waals surface area contributed by atoms with Gasteiger partial charge in [0.25, 0.3) is 0 Å². The normalized spacial score (nSPS) is 16.1. The Hall–Kier alpha value is -3.69. The summed E-state index contributed by atoms with van der Waals surface area (Å²) in [5, 5.41) is 10.5. The largest absolute Gasteiger partial charge is 0.480 e. The zero-order valence-corrected chi connectivity index (χ0v) is 18.1. The average molecular weight is 472 g/mol. The second kappa shape index (κ2) is 7.96. The quantitative estimate of drug-likeness (QED) is 0.431. The number of carbonyl (C=O) groups is 1. The molecule has 0 saturated heterocycles. The van der Waals surface area contributed by atoms with Crippen LogP contribution >= 0.6 is 0 Å². The summed E-state index contributed by atoms with van der Waals surface area (Å²) < 4.78 is 56.2. The first-order chi connectivity index (χ1) is 16.1. The molecule has 0 radical (unpaired) electrons. The Bertz CT molecular complexity index is 1430. The van der Waals surface area contributed by atoms with Crippen molar-refractivity contribution in [2.75, 3.05) is 11.9 Å². The smallest absolute Gasteiger partial charge is 0.451 e. The molecular weight excluding hydrogens is 452 g/mol. The van der Waals surface area contributed by atoms with Crippen LogP contribution in [0.3, 0.4) is 0 Å². The second-order valence-corrected chi connectivity index (χ2v) is 8.46. The molecule has 176 valence electrons. The van der Waals surface area contributed by atoms with Crippen LogP contribution in [0, 0.1) is 5.82 Å². The zero-order chi connectivity index (χ0) is 24.2. The Labute approximate surface area is 191 Å². The lowest BCUT2D eigenvalue weighted by Crippen LogP contribution is -2.38. The van der Waals surface area contributed by atoms with E-state index in [0.717, 1.165) is 11.3 Å². The average Bonchev–Trinajstić information content (AvgIpc) is 3.09. The van der Waals surface area contributed by atoms with Crippen molar-refractivity contribution in [1.82, 2.24) is 14.5 Å². The molecule has 1 unspecified atom stereocenters. The Morgan fingerprint density at radius 1 is 1.18 bits per heavy atom. The molecule has 0 bridgehead atoms. The summed E-state index contributed by atoms with van der Waals surface area (Å²) >= 11 is 0. The number of anilines is 1. The third-order valence-electron chi connectivity index (χ3n) is 6.41. The first-order valence-corrected chi connectivity index (χ1v) is 10.7. The molecule has 4 aromatic rings. The molecule has 0 amide bonds. The summed E-state index contributed by atoms with van der Waals surface area (Å²) in [5.74, 6) is -2.47. The van der Waals surface area contributed by atoms with Crippen LogP contribution in [-0.4, -0.2) is 38.7 Å². The maximum Gasteiger partial charge on any atom is 0.451 e. The van der Waals surface area contributed by atoms with Crippen molar-refractivity contribution in [3.63, 3.8) is 0 Å². The van der Waals surface area contributed by atoms with Crippen molar-refractivity contribution in [3.05, 3.63) is 65.4 Å². The van der Waals surface area contributed by atoms with Gasteiger partial charge in [-0.15, -0.1) is 0 Å². The minimum absolute atomic E-state index is 0.173. The van der Waals surface area contributed by atoms with Crippen LogP contribution < -0.4 is 4.90 Å². The predicted octanol–water partition coefficient (Wildman–Crippen LogP) is 4.82. The molecule has 34 heavy (non-hydrogen) atoms. The summed E-state index contributed by atoms with van der Waals surface area (Å²) in [5.41, 5.74) is 2.46. The Balaban J connectivity index is 1.59. The predicted molar refractivity (Wildman–Crippen MR) is 118 cm³/mol. The number of aromatic nitrogens is 3. The van der Waals surface area contributed by atoms with Crippen molar-refractivity contribution in [3.8, 4) is 0 Å². The molecule has 0 spiro atoms. The SMILES string of the molecule is CN(c1nc(C(F)(F)F)nc2ccccc12)C1CCc2c(c3cc(F)ccc3n2CC(=O)O)C1. The van der Waals surface area contributed by atoms with E-state index in [9.17, 15) is 27.5 Å². The highest BCUT2D eigenvalue weighted by Gasteiger charge is 2.37. The highest BCUT2D eigenvalue weighted by atomic mass is 19.4. The van der Waals surface area contributed by atoms with Gasteiger partial charge in [0.2, 0.25) is 5.82 Å². The van der Waals surface area contributed by atoms with E-state index in [1.165, 1.54) is 18.2 Å². The maximum absolute atomic E-state index is 14.1. The fourth-order valence-electron chi connectivity index (χ4n) is 4.88. The third-order valence-corrected chi connectivity index (χ3v) is 6.41. The minimum Gasteiger partial charge on any atom is -0.480 e. The third kappa shape index (κ3) is 3.72. The van der Waals surface area contributed by atoms with Crippen LogP contribution in [0.1, 0.15) is 23.5 Å². The number of benzene rings is 2. The van der Waals surface area contributed by atoms with Gasteiger partial charge >= 0.3 is 12.1 Å². The fourth-order valence-corrected chi connectivity index (χ4v) is 4.88. The monoisotopic (exact) mass is 472 g/mol. The summed E-state index contributed by atoms with van der Waals surface area (Å²) in [4.78, 5) is 20.7. The molecule has 1 aliphatic carbocycles. The van der Waals surface area contributed by atoms with Crippen molar-refractivity contribution in [1.29, 1.82) is 0 Å². The Kier molecular flexibility index (Phi) is 5.18. The number of likely N-dealkylation sites (N-methyl/N-ethyl adjacent to an activating group) is 1. The van der Waals surface area contributed by atoms with E-state index in [2.05, 4.69) is 9.97 Å². The highest BCUT2D eigenvalue weighted by Crippen LogP contribution is 2.37. The van der Waals surface area contributed by atoms with Crippen molar-refractivity contribution < 1.29 is 27.5 Å². The Morgan fingerprint density at radius 3 is 2.68 bits per heavy atom. The summed E-state index contributed by atoms with van der Waals surface area (Å²) in [6.45, 7) is -0.247. The lowest BCUT2D eigenvalue weighted by atomic mass is 9.90. The number of alkyl halides is 3. The molecule has 2 aromatic carbocycles. The van der Waals surface area contributed by atoms with E-state index in [1.807, 2.05) is 0 Å². The maximum atomic E-state index is 14.1. The van der Waals surface area contributed by atoms with Gasteiger partial charge in [0.15, 0.2) is 0 Å². The van der Waals surface area contributed by atoms with Crippen LogP contribution in [-0.2, 0) is 30.4 Å². The van der Waals surface area contributed by atoms with Gasteiger partial charge in [0.05, 0.1) is 5.52 Å². The molecular formula is C24H20F4N4O2. The van der Waals surface area contributed by atoms with E-state index in [-0.39, 0.29) is 23.9 Å². The first kappa shape index (κ1) is 22.1. The molecule has 1 atom stereocenters. The van der Waals surface area contributed by atoms with E-state index in [4.69, 9.17) is 0 Å². The van der Waals surface area contributed by atoms with Crippen LogP contribution in [0.25, 0.3) is 21.8 Å². The van der Waals surface area contributed by atoms with Gasteiger partial charge in [0.1, 0.15) is 18.2 Å². The number of hydrogen-bond donors (Lipinski definition) is 1. The minimum atomic E-state index is -4.69. The fraction of sp³-hybridized carbons (Fsp3) is 0.292. The van der Waals surface area contributed by atoms with Crippen molar-refractivity contribution in [2.24, 2.45) is 0 Å². The van der Waals surface area contributed by atoms with Gasteiger partial charge in [-0.1, -0.05) is 12.1 Å². The number of rotatable bonds is 4. The molecule has 10 heteroatoms. The second-order valence-electron chi connectivity index (χ2n) is 8.46. The lowest BCUT2D eigenvalue weighted by Gasteiger charge is -2.33. The van der Waals surface area contributed by atoms with E-state index >= 15 is 0 Å². The number of nitrogens with zero attached hydrogens (tertiary/aromatic N) is 4. The molecule has 0 saturated carbocycles. The first-order valence-electron chi connectivity index (χ1n) is 10.7. The van der Waals surface area contributed by atoms with Crippen LogP contribution in [0.4, 0.5) is 23.4 Å². The summed E-state index contributed by atoms with van der Waals surface area (Å²) in [7, 11) is 1.70. The number of halogens is 4. The van der Waals surface area contributed by atoms with Crippen LogP contribution in [0.15, 0.2) is 42.5 Å². The van der Waals surface area contributed by atoms with E-state index in [1.54, 1.807) is 40.8 Å². The standard InChI is InChI=1S/C24H20F4N4O2/c1-31(22-15-4-2-3-5-18(15)29-23(30-22)24(26,27)28)14-7-9-20-17(11-14)16-10-13(25)6-8-19(16)32(20)12-21(33)34/h2-6,8,10,14H,7,9,11-12H2,1H3,(H,33,34). The van der Waals surface area contributed by atoms with Crippen LogP contribution in [0.2, 0.25) is 0 Å². The molecule has 0 aliphatic heterocycles. The van der Waals surface area contributed by atoms with Gasteiger partial charge in [0, 0.05) is 35.1 Å². The van der Waals surface area contributed by atoms with Gasteiger partial charge in [-0.25, -0.2) is 14.4 Å². The highest BCUT2D eigenvalue weighted by molar-refractivity contribution is 5.90. The molecule has 5 rings (SSSR count). The van der Waals surface area contributed by atoms with Gasteiger partial charge in [-0.3, -0.25) is 4.79 Å². The number of fused-ring (bicyclic) bond motifs is 4. The van der Waals surface area contributed by atoms with Crippen molar-refractivity contribution in [2.45, 2.75) is 38.0 Å². The number of carboxylic acids is 1. The molecule has 6 nitrogen and oxygen atoms in total. The number of para-hydroxylation sites is 1. The van der Waals surface area contributed by atoms with Crippen molar-refractivity contribution >= 4 is 33.6 Å². The molecule has 2 aromatic heterocycles. The van der Waals surface area contributed by atoms with Gasteiger partial charge in [-0.2, -0.15) is 13.2 Å². The Morgan fingerprint density at radius 2 is 1.94 bits per heavy atom. The van der Waals surface area contributed by atoms with Gasteiger partial charge < -0.3 is 14.6 Å². The number of aliphatic carboxylic acids is 1. The molecule has 1 N–H and O–H groups in total. The van der Waals surface area contributed by atoms with Crippen LogP contribution in [0.5, 0.6) is 0 Å². The molecule has 2 heterocycles. The number of hydrogen-bond acceptors (Lipinski definition) is 4. The summed E-state index contributed by atoms with van der Waals surface area (Å²) in [6.07, 6.45) is -3.20. The lowest BCUT2D eigenvalue weighted by molar-refractivity contribution is -0.144. The zero-order valence-electron chi connectivity index (χ0n) is 18.1. The van der Waals surface area contributed by atoms with E-state index in [0.29, 0.717) is 35.6 Å².